The van der Waals surface area contributed by atoms with Gasteiger partial charge in [-0.2, -0.15) is 0 Å². The number of amides is 2. The molecule has 1 aliphatic heterocycles. The topological polar surface area (TPSA) is 164 Å². The van der Waals surface area contributed by atoms with Gasteiger partial charge >= 0.3 is 6.03 Å². The summed E-state index contributed by atoms with van der Waals surface area (Å²) in [7, 11) is -4.05. The second kappa shape index (κ2) is 7.22. The zero-order valence-electron chi connectivity index (χ0n) is 18.1. The Kier molecular flexibility index (Phi) is 4.62. The van der Waals surface area contributed by atoms with Crippen LogP contribution in [0.1, 0.15) is 12.5 Å². The van der Waals surface area contributed by atoms with Crippen LogP contribution in [-0.4, -0.2) is 30.8 Å². The molecule has 172 valence electrons. The van der Waals surface area contributed by atoms with Crippen molar-refractivity contribution in [1.29, 1.82) is 5.41 Å². The summed E-state index contributed by atoms with van der Waals surface area (Å²) in [6.45, 7) is 1.79. The number of aromatic nitrogens is 1. The number of benzene rings is 1. The first kappa shape index (κ1) is 21.8. The summed E-state index contributed by atoms with van der Waals surface area (Å²) in [6, 6.07) is 11.3. The number of carbonyl (C=O) groups is 1. The molecule has 1 aromatic carbocycles. The number of amidine groups is 1. The third-order valence-corrected chi connectivity index (χ3v) is 7.18. The average molecular weight is 477 g/mol. The van der Waals surface area contributed by atoms with Crippen molar-refractivity contribution in [2.45, 2.75) is 12.5 Å². The molecule has 1 spiro atoms. The number of nitrogens with two attached hydrogens (primary N) is 2. The zero-order valence-corrected chi connectivity index (χ0v) is 18.9. The lowest BCUT2D eigenvalue weighted by atomic mass is 9.67. The molecule has 0 saturated heterocycles. The van der Waals surface area contributed by atoms with Crippen LogP contribution < -0.4 is 26.2 Å². The Bertz CT molecular complexity index is 1490. The van der Waals surface area contributed by atoms with E-state index in [4.69, 9.17) is 16.3 Å². The van der Waals surface area contributed by atoms with E-state index in [1.165, 1.54) is 0 Å². The number of rotatable bonds is 4. The lowest BCUT2D eigenvalue weighted by Crippen LogP contribution is -2.76. The van der Waals surface area contributed by atoms with Crippen LogP contribution in [0.15, 0.2) is 94.7 Å². The number of nitrogen functional groups attached to an aromatic ring is 1. The lowest BCUT2D eigenvalue weighted by Gasteiger charge is -2.52. The molecule has 1 aromatic heterocycles. The number of hydrogen-bond donors (Lipinski definition) is 5. The number of pyridine rings is 1. The molecule has 2 heterocycles. The number of primary sulfonamides is 1. The number of hydrogen-bond acceptors (Lipinski definition) is 6. The predicted molar refractivity (Wildman–Crippen MR) is 129 cm³/mol. The van der Waals surface area contributed by atoms with E-state index < -0.39 is 26.2 Å². The maximum Gasteiger partial charge on any atom is 0.453 e. The van der Waals surface area contributed by atoms with Crippen molar-refractivity contribution < 1.29 is 13.2 Å². The highest BCUT2D eigenvalue weighted by Gasteiger charge is 2.72. The SMILES string of the molecule is CC1=CC2(c3cccc2c3S(N)(=O)=O)[N+](C(=O)Nc2ccccn2)(c2cccc(C(=N)N)c2)N1. The number of quaternary nitrogens is 1. The number of nitrogens with one attached hydrogen (secondary N) is 3. The molecule has 2 unspecified atom stereocenters. The van der Waals surface area contributed by atoms with Gasteiger partial charge in [0.05, 0.1) is 5.70 Å². The van der Waals surface area contributed by atoms with E-state index in [1.54, 1.807) is 73.8 Å². The van der Waals surface area contributed by atoms with Gasteiger partial charge in [-0.05, 0) is 19.1 Å². The molecule has 11 heteroatoms. The molecule has 2 bridgehead atoms. The van der Waals surface area contributed by atoms with Gasteiger partial charge in [-0.1, -0.05) is 41.0 Å². The Hall–Kier alpha value is -4.06. The van der Waals surface area contributed by atoms with E-state index >= 15 is 0 Å². The van der Waals surface area contributed by atoms with E-state index in [9.17, 15) is 13.2 Å². The van der Waals surface area contributed by atoms with Crippen LogP contribution >= 0.6 is 0 Å². The Balaban J connectivity index is 1.79. The van der Waals surface area contributed by atoms with E-state index in [-0.39, 0.29) is 10.7 Å². The molecule has 34 heavy (non-hydrogen) atoms. The molecular formula is C23H22N7O3S+. The Labute approximate surface area is 196 Å². The van der Waals surface area contributed by atoms with Crippen molar-refractivity contribution in [1.82, 2.24) is 15.0 Å². The molecule has 5 rings (SSSR count). The quantitative estimate of drug-likeness (QED) is 0.258. The summed E-state index contributed by atoms with van der Waals surface area (Å²) >= 11 is 0. The average Bonchev–Trinajstić information content (AvgIpc) is 3.15. The summed E-state index contributed by atoms with van der Waals surface area (Å²) in [4.78, 5) is 18.3. The number of carbonyl (C=O) groups excluding carboxylic acids is 1. The third-order valence-electron chi connectivity index (χ3n) is 6.17. The summed E-state index contributed by atoms with van der Waals surface area (Å²) in [6.07, 6.45) is 8.41. The van der Waals surface area contributed by atoms with Gasteiger partial charge in [-0.15, -0.1) is 0 Å². The maximum atomic E-state index is 14.1. The minimum atomic E-state index is -4.05. The fraction of sp³-hybridized carbons (Fsp3) is 0.0870. The predicted octanol–water partition coefficient (Wildman–Crippen LogP) is 2.12. The minimum Gasteiger partial charge on any atom is -0.384 e. The van der Waals surface area contributed by atoms with Crippen LogP contribution in [-0.2, 0) is 10.0 Å². The lowest BCUT2D eigenvalue weighted by molar-refractivity contribution is 0.168. The van der Waals surface area contributed by atoms with Gasteiger partial charge in [0.2, 0.25) is 15.6 Å². The molecule has 2 amide bonds. The third kappa shape index (κ3) is 2.81. The van der Waals surface area contributed by atoms with Gasteiger partial charge in [0, 0.05) is 41.1 Å². The van der Waals surface area contributed by atoms with Crippen LogP contribution in [0.5, 0.6) is 0 Å². The smallest absolute Gasteiger partial charge is 0.384 e. The van der Waals surface area contributed by atoms with Gasteiger partial charge in [-0.25, -0.2) is 28.8 Å². The van der Waals surface area contributed by atoms with Crippen LogP contribution in [0.3, 0.4) is 0 Å². The molecule has 2 aliphatic carbocycles. The summed E-state index contributed by atoms with van der Waals surface area (Å²) in [5.74, 6) is 0.157. The highest BCUT2D eigenvalue weighted by Crippen LogP contribution is 2.59. The first-order chi connectivity index (χ1) is 16.1. The van der Waals surface area contributed by atoms with Crippen LogP contribution in [0.4, 0.5) is 16.3 Å². The number of allylic oxidation sites excluding steroid dienone is 3. The first-order valence-electron chi connectivity index (χ1n) is 10.3. The molecule has 10 nitrogen and oxygen atoms in total. The molecule has 7 N–H and O–H groups in total. The number of sulfonamides is 1. The zero-order chi connectivity index (χ0) is 24.3. The van der Waals surface area contributed by atoms with Crippen molar-refractivity contribution in [3.8, 4) is 0 Å². The van der Waals surface area contributed by atoms with Gasteiger partial charge in [0.1, 0.15) is 16.6 Å². The maximum absolute atomic E-state index is 14.1. The van der Waals surface area contributed by atoms with Crippen molar-refractivity contribution in [2.75, 3.05) is 5.32 Å². The van der Waals surface area contributed by atoms with E-state index in [0.717, 1.165) is 0 Å². The van der Waals surface area contributed by atoms with Gasteiger partial charge in [-0.3, -0.25) is 10.7 Å². The minimum absolute atomic E-state index is 0.00129. The van der Waals surface area contributed by atoms with Crippen molar-refractivity contribution >= 4 is 33.4 Å². The Morgan fingerprint density at radius 3 is 2.65 bits per heavy atom. The highest BCUT2D eigenvalue weighted by atomic mass is 32.2. The van der Waals surface area contributed by atoms with E-state index in [0.29, 0.717) is 33.9 Å². The van der Waals surface area contributed by atoms with E-state index in [2.05, 4.69) is 15.7 Å². The summed E-state index contributed by atoms with van der Waals surface area (Å²) in [5, 5.41) is 16.3. The second-order valence-corrected chi connectivity index (χ2v) is 9.71. The fourth-order valence-electron chi connectivity index (χ4n) is 4.95. The summed E-state index contributed by atoms with van der Waals surface area (Å²) < 4.78 is 24.3. The molecular weight excluding hydrogens is 454 g/mol. The highest BCUT2D eigenvalue weighted by molar-refractivity contribution is 7.93. The normalized spacial score (nSPS) is 24.8. The van der Waals surface area contributed by atoms with Gasteiger partial charge in [0.15, 0.2) is 5.69 Å². The fourth-order valence-corrected chi connectivity index (χ4v) is 6.01. The van der Waals surface area contributed by atoms with Crippen LogP contribution in [0.2, 0.25) is 0 Å². The molecule has 2 atom stereocenters. The van der Waals surface area contributed by atoms with Crippen LogP contribution in [0.25, 0.3) is 0 Å². The van der Waals surface area contributed by atoms with E-state index in [1.807, 2.05) is 6.08 Å². The first-order valence-corrected chi connectivity index (χ1v) is 11.9. The van der Waals surface area contributed by atoms with Gasteiger partial charge in [0.25, 0.3) is 0 Å². The van der Waals surface area contributed by atoms with Crippen molar-refractivity contribution in [2.24, 2.45) is 10.9 Å². The molecule has 2 aromatic rings. The second-order valence-electron chi connectivity index (χ2n) is 8.21. The van der Waals surface area contributed by atoms with Crippen molar-refractivity contribution in [3.05, 3.63) is 100 Å². The Morgan fingerprint density at radius 1 is 1.24 bits per heavy atom. The number of anilines is 1. The van der Waals surface area contributed by atoms with Crippen LogP contribution in [0, 0.1) is 5.41 Å². The largest absolute Gasteiger partial charge is 0.453 e. The number of urea groups is 1. The summed E-state index contributed by atoms with van der Waals surface area (Å²) in [5.41, 5.74) is 10.1. The monoisotopic (exact) mass is 476 g/mol. The van der Waals surface area contributed by atoms with Gasteiger partial charge < -0.3 is 5.73 Å². The molecule has 0 fully saturated rings. The standard InChI is InChI=1S/C23H21N7O3S/c1-14-13-23(17-8-5-9-18(23)20(17)34(26,32)33)30(29-14,16-7-4-6-15(12-16)21(24)25)22(31)28-19-10-2-3-11-27-19/h2-13,29H,1H3,(H5-,24,25,26,27,28,31,32,33)/p+1. The molecule has 3 aliphatic rings. The Morgan fingerprint density at radius 2 is 2.03 bits per heavy atom. The molecule has 0 saturated carbocycles. The molecule has 0 radical (unpaired) electrons. The van der Waals surface area contributed by atoms with Crippen molar-refractivity contribution in [3.63, 3.8) is 0 Å². The number of nitrogens with zero attached hydrogens (tertiary/aromatic N) is 2.